The summed E-state index contributed by atoms with van der Waals surface area (Å²) >= 11 is 0. The van der Waals surface area contributed by atoms with Gasteiger partial charge in [-0.05, 0) is 38.5 Å². The van der Waals surface area contributed by atoms with E-state index in [1.165, 1.54) is 270 Å². The van der Waals surface area contributed by atoms with Gasteiger partial charge in [0, 0.05) is 13.0 Å². The van der Waals surface area contributed by atoms with Crippen LogP contribution in [0.1, 0.15) is 322 Å². The van der Waals surface area contributed by atoms with Crippen molar-refractivity contribution in [3.63, 3.8) is 0 Å². The van der Waals surface area contributed by atoms with Crippen LogP contribution in [-0.2, 0) is 27.9 Å². The second kappa shape index (κ2) is 55.5. The molecule has 0 radical (unpaired) electrons. The van der Waals surface area contributed by atoms with Crippen molar-refractivity contribution in [3.8, 4) is 0 Å². The van der Waals surface area contributed by atoms with Crippen molar-refractivity contribution in [3.05, 3.63) is 12.2 Å². The first-order valence-corrected chi connectivity index (χ1v) is 32.9. The van der Waals surface area contributed by atoms with Gasteiger partial charge in [-0.15, -0.1) is 0 Å². The van der Waals surface area contributed by atoms with Crippen LogP contribution in [0.15, 0.2) is 12.2 Å². The molecule has 0 heterocycles. The Morgan fingerprint density at radius 3 is 1.07 bits per heavy atom. The molecule has 8 nitrogen and oxygen atoms in total. The minimum atomic E-state index is -4.53. The number of unbranched alkanes of at least 4 members (excludes halogenated alkanes) is 44. The van der Waals surface area contributed by atoms with Crippen molar-refractivity contribution in [1.82, 2.24) is 0 Å². The number of allylic oxidation sites excluding steroid dienone is 2. The van der Waals surface area contributed by atoms with E-state index in [0.29, 0.717) is 24.1 Å². The maximum atomic E-state index is 12.8. The zero-order valence-electron chi connectivity index (χ0n) is 48.5. The summed E-state index contributed by atoms with van der Waals surface area (Å²) in [4.78, 5) is 25.3. The molecule has 0 aromatic carbocycles. The van der Waals surface area contributed by atoms with E-state index >= 15 is 0 Å². The molecule has 0 fully saturated rings. The zero-order chi connectivity index (χ0) is 51.9. The predicted molar refractivity (Wildman–Crippen MR) is 305 cm³/mol. The van der Waals surface area contributed by atoms with Gasteiger partial charge in [-0.1, -0.05) is 289 Å². The first-order valence-electron chi connectivity index (χ1n) is 31.4. The SMILES string of the molecule is CCCCCCCCCC/C=C\CCCCCCCCCCCCCC(=O)OC(COCCCCCCCCCCCCCCCCCCCCCCCCCCCC)COP(=O)([O-])OCC[N+](C)(C)C. The maximum Gasteiger partial charge on any atom is 0.306 e. The average molecular weight is 1030 g/mol. The van der Waals surface area contributed by atoms with Gasteiger partial charge in [-0.25, -0.2) is 0 Å². The quantitative estimate of drug-likeness (QED) is 0.0197. The van der Waals surface area contributed by atoms with E-state index in [2.05, 4.69) is 26.0 Å². The van der Waals surface area contributed by atoms with Gasteiger partial charge in [0.2, 0.25) is 0 Å². The summed E-state index contributed by atoms with van der Waals surface area (Å²) in [6.07, 6.45) is 67.0. The molecule has 0 aromatic heterocycles. The van der Waals surface area contributed by atoms with Gasteiger partial charge in [-0.3, -0.25) is 9.36 Å². The molecule has 0 saturated heterocycles. The van der Waals surface area contributed by atoms with E-state index in [4.69, 9.17) is 18.5 Å². The van der Waals surface area contributed by atoms with E-state index in [0.717, 1.165) is 32.1 Å². The fourth-order valence-corrected chi connectivity index (χ4v) is 10.2. The maximum absolute atomic E-state index is 12.8. The topological polar surface area (TPSA) is 94.1 Å². The van der Waals surface area contributed by atoms with Crippen LogP contribution in [0.5, 0.6) is 0 Å². The van der Waals surface area contributed by atoms with Gasteiger partial charge >= 0.3 is 5.97 Å². The number of hydrogen-bond acceptors (Lipinski definition) is 7. The number of rotatable bonds is 60. The largest absolute Gasteiger partial charge is 0.756 e. The molecule has 2 atom stereocenters. The molecular formula is C62H124NO7P. The highest BCUT2D eigenvalue weighted by Crippen LogP contribution is 2.38. The first-order chi connectivity index (χ1) is 34.6. The van der Waals surface area contributed by atoms with E-state index < -0.39 is 13.9 Å². The molecule has 71 heavy (non-hydrogen) atoms. The highest BCUT2D eigenvalue weighted by molar-refractivity contribution is 7.45. The number of carbonyl (C=O) groups excluding carboxylic acids is 1. The van der Waals surface area contributed by atoms with Crippen LogP contribution >= 0.6 is 7.82 Å². The lowest BCUT2D eigenvalue weighted by atomic mass is 10.0. The Morgan fingerprint density at radius 2 is 0.732 bits per heavy atom. The molecule has 0 amide bonds. The average Bonchev–Trinajstić information content (AvgIpc) is 3.33. The monoisotopic (exact) mass is 1030 g/mol. The fourth-order valence-electron chi connectivity index (χ4n) is 9.49. The summed E-state index contributed by atoms with van der Waals surface area (Å²) in [5.74, 6) is -0.326. The van der Waals surface area contributed by atoms with Crippen LogP contribution < -0.4 is 4.89 Å². The number of phosphoric acid groups is 1. The van der Waals surface area contributed by atoms with E-state index in [1.54, 1.807) is 0 Å². The fraction of sp³-hybridized carbons (Fsp3) is 0.952. The predicted octanol–water partition coefficient (Wildman–Crippen LogP) is 19.4. The Balaban J connectivity index is 3.97. The van der Waals surface area contributed by atoms with Crippen LogP contribution in [-0.4, -0.2) is 70.7 Å². The molecule has 0 saturated carbocycles. The third-order valence-electron chi connectivity index (χ3n) is 14.3. The lowest BCUT2D eigenvalue weighted by Gasteiger charge is -2.28. The Hall–Kier alpha value is -0.760. The summed E-state index contributed by atoms with van der Waals surface area (Å²) in [5, 5.41) is 0. The first kappa shape index (κ1) is 70.2. The van der Waals surface area contributed by atoms with Gasteiger partial charge in [0.25, 0.3) is 7.82 Å². The minimum Gasteiger partial charge on any atom is -0.756 e. The Morgan fingerprint density at radius 1 is 0.423 bits per heavy atom. The normalized spacial score (nSPS) is 13.4. The molecule has 0 bridgehead atoms. The number of phosphoric ester groups is 1. The molecule has 0 aliphatic carbocycles. The summed E-state index contributed by atoms with van der Waals surface area (Å²) in [6.45, 7) is 5.50. The van der Waals surface area contributed by atoms with Crippen molar-refractivity contribution in [1.29, 1.82) is 0 Å². The van der Waals surface area contributed by atoms with Crippen molar-refractivity contribution in [2.75, 3.05) is 54.1 Å². The Labute approximate surface area is 443 Å². The van der Waals surface area contributed by atoms with Crippen molar-refractivity contribution in [2.24, 2.45) is 0 Å². The van der Waals surface area contributed by atoms with Crippen molar-refractivity contribution in [2.45, 2.75) is 328 Å². The highest BCUT2D eigenvalue weighted by atomic mass is 31.2. The van der Waals surface area contributed by atoms with Crippen LogP contribution in [0.4, 0.5) is 0 Å². The molecule has 9 heteroatoms. The zero-order valence-corrected chi connectivity index (χ0v) is 49.4. The molecule has 2 unspecified atom stereocenters. The Bertz CT molecular complexity index is 1150. The van der Waals surface area contributed by atoms with E-state index in [1.807, 2.05) is 21.1 Å². The standard InChI is InChI=1S/C62H124NO7P/c1-6-8-10-12-14-16-18-20-22-24-26-28-30-31-32-34-36-38-40-42-44-46-48-50-52-54-57-67-59-61(60-69-71(65,66)68-58-56-63(3,4)5)70-62(64)55-53-51-49-47-45-43-41-39-37-35-33-29-27-25-23-21-19-17-15-13-11-9-7-2/h25,27,61H,6-24,26,28-60H2,1-5H3/b27-25-. The van der Waals surface area contributed by atoms with Crippen LogP contribution in [0.25, 0.3) is 0 Å². The van der Waals surface area contributed by atoms with Gasteiger partial charge in [0.15, 0.2) is 0 Å². The van der Waals surface area contributed by atoms with E-state index in [-0.39, 0.29) is 25.8 Å². The summed E-state index contributed by atoms with van der Waals surface area (Å²) in [7, 11) is 1.38. The summed E-state index contributed by atoms with van der Waals surface area (Å²) in [6, 6.07) is 0. The summed E-state index contributed by atoms with van der Waals surface area (Å²) in [5.41, 5.74) is 0. The molecule has 424 valence electrons. The van der Waals surface area contributed by atoms with Gasteiger partial charge in [-0.2, -0.15) is 0 Å². The van der Waals surface area contributed by atoms with Gasteiger partial charge in [0.1, 0.15) is 19.3 Å². The lowest BCUT2D eigenvalue weighted by Crippen LogP contribution is -2.37. The minimum absolute atomic E-state index is 0.0301. The number of carbonyl (C=O) groups is 1. The molecule has 0 spiro atoms. The molecular weight excluding hydrogens is 902 g/mol. The number of ether oxygens (including phenoxy) is 2. The van der Waals surface area contributed by atoms with Gasteiger partial charge in [0.05, 0.1) is 34.4 Å². The number of esters is 1. The van der Waals surface area contributed by atoms with Crippen LogP contribution in [0, 0.1) is 0 Å². The van der Waals surface area contributed by atoms with E-state index in [9.17, 15) is 14.3 Å². The highest BCUT2D eigenvalue weighted by Gasteiger charge is 2.20. The number of nitrogens with zero attached hydrogens (tertiary/aromatic N) is 1. The second-order valence-corrected chi connectivity index (χ2v) is 24.2. The van der Waals surface area contributed by atoms with Crippen LogP contribution in [0.2, 0.25) is 0 Å². The molecule has 0 rings (SSSR count). The summed E-state index contributed by atoms with van der Waals surface area (Å²) < 4.78 is 34.9. The van der Waals surface area contributed by atoms with Gasteiger partial charge < -0.3 is 27.9 Å². The third kappa shape index (κ3) is 60.0. The molecule has 0 aliphatic heterocycles. The number of likely N-dealkylation sites (N-methyl/N-ethyl adjacent to an activating group) is 1. The number of quaternary nitrogens is 1. The molecule has 0 aromatic rings. The molecule has 0 N–H and O–H groups in total. The smallest absolute Gasteiger partial charge is 0.306 e. The molecule has 0 aliphatic rings. The lowest BCUT2D eigenvalue weighted by molar-refractivity contribution is -0.870. The van der Waals surface area contributed by atoms with Crippen molar-refractivity contribution < 1.29 is 37.3 Å². The third-order valence-corrected chi connectivity index (χ3v) is 15.3. The number of hydrogen-bond donors (Lipinski definition) is 0. The van der Waals surface area contributed by atoms with Crippen molar-refractivity contribution >= 4 is 13.8 Å². The van der Waals surface area contributed by atoms with Crippen LogP contribution in [0.3, 0.4) is 0 Å². The Kier molecular flexibility index (Phi) is 54.9. The second-order valence-electron chi connectivity index (χ2n) is 22.8.